The number of anilines is 1. The molecule has 0 spiro atoms. The van der Waals surface area contributed by atoms with Gasteiger partial charge in [0.15, 0.2) is 0 Å². The zero-order valence-electron chi connectivity index (χ0n) is 12.4. The van der Waals surface area contributed by atoms with Crippen LogP contribution in [0.25, 0.3) is 0 Å². The SMILES string of the molecule is Cn1ccc(C(=O)N(c2ccccc2)C2CCOC2)cc1=O. The monoisotopic (exact) mass is 298 g/mol. The van der Waals surface area contributed by atoms with Gasteiger partial charge in [-0.15, -0.1) is 0 Å². The zero-order chi connectivity index (χ0) is 15.5. The maximum Gasteiger partial charge on any atom is 0.258 e. The van der Waals surface area contributed by atoms with E-state index >= 15 is 0 Å². The van der Waals surface area contributed by atoms with Gasteiger partial charge in [0.25, 0.3) is 11.5 Å². The lowest BCUT2D eigenvalue weighted by molar-refractivity contribution is 0.0971. The van der Waals surface area contributed by atoms with E-state index in [9.17, 15) is 9.59 Å². The number of amides is 1. The molecular weight excluding hydrogens is 280 g/mol. The molecule has 2 heterocycles. The number of hydrogen-bond acceptors (Lipinski definition) is 3. The first-order chi connectivity index (χ1) is 10.7. The molecule has 1 aliphatic heterocycles. The zero-order valence-corrected chi connectivity index (χ0v) is 12.4. The fraction of sp³-hybridized carbons (Fsp3) is 0.294. The Morgan fingerprint density at radius 2 is 2.05 bits per heavy atom. The van der Waals surface area contributed by atoms with Crippen molar-refractivity contribution in [2.75, 3.05) is 18.1 Å². The Bertz CT molecular complexity index is 718. The molecule has 0 N–H and O–H groups in total. The van der Waals surface area contributed by atoms with Crippen molar-refractivity contribution in [1.82, 2.24) is 4.57 Å². The van der Waals surface area contributed by atoms with E-state index < -0.39 is 0 Å². The van der Waals surface area contributed by atoms with Gasteiger partial charge in [-0.05, 0) is 24.6 Å². The van der Waals surface area contributed by atoms with Crippen molar-refractivity contribution in [2.24, 2.45) is 7.05 Å². The van der Waals surface area contributed by atoms with Gasteiger partial charge in [-0.3, -0.25) is 9.59 Å². The van der Waals surface area contributed by atoms with Crippen molar-refractivity contribution in [2.45, 2.75) is 12.5 Å². The normalized spacial score (nSPS) is 17.4. The summed E-state index contributed by atoms with van der Waals surface area (Å²) in [4.78, 5) is 26.4. The van der Waals surface area contributed by atoms with Crippen LogP contribution in [-0.4, -0.2) is 29.7 Å². The fourth-order valence-corrected chi connectivity index (χ4v) is 2.63. The van der Waals surface area contributed by atoms with Gasteiger partial charge in [-0.1, -0.05) is 18.2 Å². The molecular formula is C17H18N2O3. The summed E-state index contributed by atoms with van der Waals surface area (Å²) in [7, 11) is 1.66. The second kappa shape index (κ2) is 6.15. The minimum atomic E-state index is -0.193. The number of aromatic nitrogens is 1. The van der Waals surface area contributed by atoms with Crippen molar-refractivity contribution < 1.29 is 9.53 Å². The summed E-state index contributed by atoms with van der Waals surface area (Å²) in [6.45, 7) is 1.17. The summed E-state index contributed by atoms with van der Waals surface area (Å²) in [6, 6.07) is 12.6. The quantitative estimate of drug-likeness (QED) is 0.868. The number of rotatable bonds is 3. The molecule has 1 atom stereocenters. The van der Waals surface area contributed by atoms with Crippen LogP contribution in [0.1, 0.15) is 16.8 Å². The number of benzene rings is 1. The predicted octanol–water partition coefficient (Wildman–Crippen LogP) is 1.82. The summed E-state index contributed by atoms with van der Waals surface area (Å²) >= 11 is 0. The maximum absolute atomic E-state index is 12.9. The first-order valence-electron chi connectivity index (χ1n) is 7.30. The van der Waals surface area contributed by atoms with Crippen molar-refractivity contribution in [3.05, 3.63) is 64.6 Å². The van der Waals surface area contributed by atoms with Crippen LogP contribution in [0.4, 0.5) is 5.69 Å². The molecule has 0 bridgehead atoms. The highest BCUT2D eigenvalue weighted by Gasteiger charge is 2.29. The first kappa shape index (κ1) is 14.5. The number of pyridine rings is 1. The van der Waals surface area contributed by atoms with Crippen LogP contribution in [0.3, 0.4) is 0 Å². The molecule has 1 saturated heterocycles. The van der Waals surface area contributed by atoms with Crippen LogP contribution >= 0.6 is 0 Å². The molecule has 1 aromatic heterocycles. The second-order valence-corrected chi connectivity index (χ2v) is 5.39. The molecule has 1 amide bonds. The first-order valence-corrected chi connectivity index (χ1v) is 7.30. The number of nitrogens with zero attached hydrogens (tertiary/aromatic N) is 2. The van der Waals surface area contributed by atoms with Gasteiger partial charge in [-0.25, -0.2) is 0 Å². The van der Waals surface area contributed by atoms with E-state index in [0.29, 0.717) is 18.8 Å². The largest absolute Gasteiger partial charge is 0.379 e. The van der Waals surface area contributed by atoms with E-state index in [1.807, 2.05) is 30.3 Å². The van der Waals surface area contributed by atoms with Gasteiger partial charge >= 0.3 is 0 Å². The van der Waals surface area contributed by atoms with E-state index in [1.165, 1.54) is 10.6 Å². The minimum Gasteiger partial charge on any atom is -0.379 e. The van der Waals surface area contributed by atoms with Crippen LogP contribution in [0.15, 0.2) is 53.5 Å². The van der Waals surface area contributed by atoms with Crippen molar-refractivity contribution >= 4 is 11.6 Å². The van der Waals surface area contributed by atoms with Gasteiger partial charge in [-0.2, -0.15) is 0 Å². The Morgan fingerprint density at radius 3 is 2.68 bits per heavy atom. The minimum absolute atomic E-state index is 0.000965. The Balaban J connectivity index is 1.99. The lowest BCUT2D eigenvalue weighted by Gasteiger charge is -2.28. The summed E-state index contributed by atoms with van der Waals surface area (Å²) < 4.78 is 6.88. The summed E-state index contributed by atoms with van der Waals surface area (Å²) in [5.74, 6) is -0.167. The third kappa shape index (κ3) is 2.80. The van der Waals surface area contributed by atoms with Crippen molar-refractivity contribution in [1.29, 1.82) is 0 Å². The summed E-state index contributed by atoms with van der Waals surface area (Å²) in [5.41, 5.74) is 1.03. The molecule has 1 fully saturated rings. The number of hydrogen-bond donors (Lipinski definition) is 0. The third-order valence-electron chi connectivity index (χ3n) is 3.88. The van der Waals surface area contributed by atoms with E-state index in [0.717, 1.165) is 12.1 Å². The van der Waals surface area contributed by atoms with Crippen LogP contribution in [0, 0.1) is 0 Å². The molecule has 0 saturated carbocycles. The molecule has 3 rings (SSSR count). The Hall–Kier alpha value is -2.40. The highest BCUT2D eigenvalue weighted by Crippen LogP contribution is 2.23. The average Bonchev–Trinajstić information content (AvgIpc) is 3.05. The second-order valence-electron chi connectivity index (χ2n) is 5.39. The molecule has 1 aromatic carbocycles. The molecule has 1 aliphatic rings. The Labute approximate surface area is 128 Å². The third-order valence-corrected chi connectivity index (χ3v) is 3.88. The molecule has 22 heavy (non-hydrogen) atoms. The Morgan fingerprint density at radius 1 is 1.27 bits per heavy atom. The molecule has 1 unspecified atom stereocenters. The van der Waals surface area contributed by atoms with Crippen molar-refractivity contribution in [3.8, 4) is 0 Å². The molecule has 2 aromatic rings. The van der Waals surface area contributed by atoms with E-state index in [1.54, 1.807) is 24.2 Å². The Kier molecular flexibility index (Phi) is 4.06. The van der Waals surface area contributed by atoms with Gasteiger partial charge in [0.05, 0.1) is 12.6 Å². The van der Waals surface area contributed by atoms with Gasteiger partial charge < -0.3 is 14.2 Å². The summed E-state index contributed by atoms with van der Waals surface area (Å²) in [5, 5.41) is 0. The highest BCUT2D eigenvalue weighted by atomic mass is 16.5. The molecule has 0 aliphatic carbocycles. The molecule has 0 radical (unpaired) electrons. The van der Waals surface area contributed by atoms with E-state index in [4.69, 9.17) is 4.74 Å². The van der Waals surface area contributed by atoms with E-state index in [-0.39, 0.29) is 17.5 Å². The lowest BCUT2D eigenvalue weighted by Crippen LogP contribution is -2.41. The van der Waals surface area contributed by atoms with Crippen LogP contribution in [-0.2, 0) is 11.8 Å². The number of ether oxygens (including phenoxy) is 1. The number of carbonyl (C=O) groups excluding carboxylic acids is 1. The number of carbonyl (C=O) groups is 1. The standard InChI is InChI=1S/C17H18N2O3/c1-18-9-7-13(11-16(18)20)17(21)19(15-8-10-22-12-15)14-5-3-2-4-6-14/h2-7,9,11,15H,8,10,12H2,1H3. The highest BCUT2D eigenvalue weighted by molar-refractivity contribution is 6.06. The van der Waals surface area contributed by atoms with Crippen molar-refractivity contribution in [3.63, 3.8) is 0 Å². The number of aryl methyl sites for hydroxylation is 1. The van der Waals surface area contributed by atoms with Gasteiger partial charge in [0, 0.05) is 37.2 Å². The number of para-hydroxylation sites is 1. The smallest absolute Gasteiger partial charge is 0.258 e. The lowest BCUT2D eigenvalue weighted by atomic mass is 10.1. The van der Waals surface area contributed by atoms with Crippen LogP contribution in [0.2, 0.25) is 0 Å². The molecule has 5 heteroatoms. The van der Waals surface area contributed by atoms with Gasteiger partial charge in [0.1, 0.15) is 0 Å². The topological polar surface area (TPSA) is 51.5 Å². The van der Waals surface area contributed by atoms with Crippen LogP contribution < -0.4 is 10.5 Å². The maximum atomic E-state index is 12.9. The summed E-state index contributed by atoms with van der Waals surface area (Å²) in [6.07, 6.45) is 2.41. The average molecular weight is 298 g/mol. The van der Waals surface area contributed by atoms with Crippen LogP contribution in [0.5, 0.6) is 0 Å². The van der Waals surface area contributed by atoms with Gasteiger partial charge in [0.2, 0.25) is 0 Å². The van der Waals surface area contributed by atoms with E-state index in [2.05, 4.69) is 0 Å². The predicted molar refractivity (Wildman–Crippen MR) is 84.2 cm³/mol. The molecule has 114 valence electrons. The molecule has 5 nitrogen and oxygen atoms in total. The fourth-order valence-electron chi connectivity index (χ4n) is 2.63.